The van der Waals surface area contributed by atoms with Crippen molar-refractivity contribution < 1.29 is 18.0 Å². The van der Waals surface area contributed by atoms with Crippen molar-refractivity contribution in [3.05, 3.63) is 29.6 Å². The van der Waals surface area contributed by atoms with E-state index in [1.54, 1.807) is 4.90 Å². The zero-order valence-corrected chi connectivity index (χ0v) is 9.50. The summed E-state index contributed by atoms with van der Waals surface area (Å²) in [4.78, 5) is 16.2. The van der Waals surface area contributed by atoms with Crippen molar-refractivity contribution in [1.82, 2.24) is 15.2 Å². The Bertz CT molecular complexity index is 447. The molecule has 0 saturated carbocycles. The number of alkyl halides is 3. The number of aromatic nitrogens is 1. The maximum atomic E-state index is 12.7. The summed E-state index contributed by atoms with van der Waals surface area (Å²) in [5.74, 6) is -0.168. The van der Waals surface area contributed by atoms with Crippen LogP contribution in [0.5, 0.6) is 0 Å². The molecule has 0 unspecified atom stereocenters. The lowest BCUT2D eigenvalue weighted by molar-refractivity contribution is -0.142. The average molecular weight is 259 g/mol. The van der Waals surface area contributed by atoms with Gasteiger partial charge in [-0.15, -0.1) is 0 Å². The van der Waals surface area contributed by atoms with Crippen LogP contribution in [0.3, 0.4) is 0 Å². The number of hydrogen-bond donors (Lipinski definition) is 1. The van der Waals surface area contributed by atoms with Crippen molar-refractivity contribution in [2.24, 2.45) is 0 Å². The first kappa shape index (κ1) is 12.8. The highest BCUT2D eigenvalue weighted by Crippen LogP contribution is 2.30. The first-order valence-electron chi connectivity index (χ1n) is 5.47. The predicted octanol–water partition coefficient (Wildman–Crippen LogP) is 1.03. The number of carbonyl (C=O) groups is 1. The predicted molar refractivity (Wildman–Crippen MR) is 57.5 cm³/mol. The fourth-order valence-corrected chi connectivity index (χ4v) is 1.89. The zero-order chi connectivity index (χ0) is 13.2. The Labute approximate surface area is 102 Å². The smallest absolute Gasteiger partial charge is 0.354 e. The van der Waals surface area contributed by atoms with Gasteiger partial charge >= 0.3 is 6.18 Å². The van der Waals surface area contributed by atoms with Gasteiger partial charge in [-0.1, -0.05) is 6.07 Å². The molecule has 1 aliphatic rings. The molecular weight excluding hydrogens is 247 g/mol. The van der Waals surface area contributed by atoms with Crippen molar-refractivity contribution in [1.29, 1.82) is 0 Å². The fourth-order valence-electron chi connectivity index (χ4n) is 1.89. The van der Waals surface area contributed by atoms with Gasteiger partial charge in [0.15, 0.2) is 0 Å². The third-order valence-electron chi connectivity index (χ3n) is 2.67. The van der Waals surface area contributed by atoms with E-state index in [4.69, 9.17) is 0 Å². The van der Waals surface area contributed by atoms with Gasteiger partial charge in [-0.25, -0.2) is 0 Å². The lowest BCUT2D eigenvalue weighted by atomic mass is 10.1. The number of pyridine rings is 1. The molecule has 18 heavy (non-hydrogen) atoms. The van der Waals surface area contributed by atoms with E-state index in [1.165, 1.54) is 12.1 Å². The fraction of sp³-hybridized carbons (Fsp3) is 0.455. The van der Waals surface area contributed by atoms with E-state index < -0.39 is 11.9 Å². The lowest BCUT2D eigenvalue weighted by Crippen LogP contribution is -2.47. The first-order valence-corrected chi connectivity index (χ1v) is 5.47. The largest absolute Gasteiger partial charge is 0.433 e. The standard InChI is InChI=1S/C11H12F3N3O/c12-11(13,14)10-8(2-1-3-16-10)6-17-5-4-15-9(18)7-17/h1-3H,4-7H2,(H,15,18). The van der Waals surface area contributed by atoms with E-state index in [-0.39, 0.29) is 24.6 Å². The molecule has 0 aromatic carbocycles. The molecule has 1 aliphatic heterocycles. The highest BCUT2D eigenvalue weighted by molar-refractivity contribution is 5.78. The Hall–Kier alpha value is -1.63. The molecule has 4 nitrogen and oxygen atoms in total. The molecule has 1 aromatic rings. The molecule has 0 atom stereocenters. The second-order valence-corrected chi connectivity index (χ2v) is 4.07. The Morgan fingerprint density at radius 1 is 1.44 bits per heavy atom. The third kappa shape index (κ3) is 2.98. The highest BCUT2D eigenvalue weighted by atomic mass is 19.4. The average Bonchev–Trinajstić information content (AvgIpc) is 2.28. The van der Waals surface area contributed by atoms with Gasteiger partial charge in [-0.05, 0) is 11.6 Å². The van der Waals surface area contributed by atoms with Gasteiger partial charge in [-0.2, -0.15) is 13.2 Å². The Balaban J connectivity index is 2.16. The number of nitrogens with zero attached hydrogens (tertiary/aromatic N) is 2. The van der Waals surface area contributed by atoms with Gasteiger partial charge in [0, 0.05) is 25.8 Å². The zero-order valence-electron chi connectivity index (χ0n) is 9.50. The summed E-state index contributed by atoms with van der Waals surface area (Å²) in [7, 11) is 0. The molecule has 1 N–H and O–H groups in total. The summed E-state index contributed by atoms with van der Waals surface area (Å²) in [5, 5.41) is 2.62. The molecule has 0 aliphatic carbocycles. The highest BCUT2D eigenvalue weighted by Gasteiger charge is 2.35. The van der Waals surface area contributed by atoms with Crippen LogP contribution in [0.25, 0.3) is 0 Å². The molecule has 1 fully saturated rings. The molecule has 0 spiro atoms. The second-order valence-electron chi connectivity index (χ2n) is 4.07. The van der Waals surface area contributed by atoms with E-state index in [0.29, 0.717) is 13.1 Å². The normalized spacial score (nSPS) is 17.6. The summed E-state index contributed by atoms with van der Waals surface area (Å²) in [6.45, 7) is 1.20. The van der Waals surface area contributed by atoms with Crippen LogP contribution in [0.2, 0.25) is 0 Å². The van der Waals surface area contributed by atoms with Crippen LogP contribution in [-0.2, 0) is 17.5 Å². The van der Waals surface area contributed by atoms with E-state index in [1.807, 2.05) is 0 Å². The molecular formula is C11H12F3N3O. The molecule has 0 radical (unpaired) electrons. The SMILES string of the molecule is O=C1CN(Cc2cccnc2C(F)(F)F)CCN1. The first-order chi connectivity index (χ1) is 8.47. The number of nitrogens with one attached hydrogen (secondary N) is 1. The number of hydrogen-bond acceptors (Lipinski definition) is 3. The summed E-state index contributed by atoms with van der Waals surface area (Å²) < 4.78 is 38.2. The van der Waals surface area contributed by atoms with E-state index in [9.17, 15) is 18.0 Å². The summed E-state index contributed by atoms with van der Waals surface area (Å²) >= 11 is 0. The van der Waals surface area contributed by atoms with Crippen LogP contribution in [0, 0.1) is 0 Å². The number of piperazine rings is 1. The molecule has 2 heterocycles. The van der Waals surface area contributed by atoms with E-state index >= 15 is 0 Å². The second kappa shape index (κ2) is 4.93. The van der Waals surface area contributed by atoms with Crippen LogP contribution in [0.15, 0.2) is 18.3 Å². The van der Waals surface area contributed by atoms with E-state index in [0.717, 1.165) is 6.20 Å². The maximum absolute atomic E-state index is 12.7. The van der Waals surface area contributed by atoms with Crippen LogP contribution < -0.4 is 5.32 Å². The quantitative estimate of drug-likeness (QED) is 0.863. The van der Waals surface area contributed by atoms with Crippen LogP contribution >= 0.6 is 0 Å². The Morgan fingerprint density at radius 2 is 2.22 bits per heavy atom. The molecule has 1 aromatic heterocycles. The Morgan fingerprint density at radius 3 is 2.89 bits per heavy atom. The van der Waals surface area contributed by atoms with Crippen molar-refractivity contribution in [3.63, 3.8) is 0 Å². The van der Waals surface area contributed by atoms with E-state index in [2.05, 4.69) is 10.3 Å². The summed E-state index contributed by atoms with van der Waals surface area (Å²) in [6, 6.07) is 2.86. The minimum absolute atomic E-state index is 0.0795. The van der Waals surface area contributed by atoms with Gasteiger partial charge in [0.25, 0.3) is 0 Å². The Kier molecular flexibility index (Phi) is 3.51. The molecule has 7 heteroatoms. The number of halogens is 3. The molecule has 1 amide bonds. The van der Waals surface area contributed by atoms with Crippen molar-refractivity contribution in [3.8, 4) is 0 Å². The number of carbonyl (C=O) groups excluding carboxylic acids is 1. The summed E-state index contributed by atoms with van der Waals surface area (Å²) in [5.41, 5.74) is -0.782. The molecule has 98 valence electrons. The number of rotatable bonds is 2. The van der Waals surface area contributed by atoms with Crippen LogP contribution in [0.1, 0.15) is 11.3 Å². The molecule has 0 bridgehead atoms. The topological polar surface area (TPSA) is 45.2 Å². The molecule has 2 rings (SSSR count). The summed E-state index contributed by atoms with van der Waals surface area (Å²) in [6.07, 6.45) is -3.34. The van der Waals surface area contributed by atoms with Crippen molar-refractivity contribution in [2.45, 2.75) is 12.7 Å². The monoisotopic (exact) mass is 259 g/mol. The van der Waals surface area contributed by atoms with Gasteiger partial charge in [0.05, 0.1) is 6.54 Å². The van der Waals surface area contributed by atoms with Gasteiger partial charge in [0.1, 0.15) is 5.69 Å². The van der Waals surface area contributed by atoms with Crippen LogP contribution in [0.4, 0.5) is 13.2 Å². The maximum Gasteiger partial charge on any atom is 0.433 e. The van der Waals surface area contributed by atoms with Crippen molar-refractivity contribution >= 4 is 5.91 Å². The van der Waals surface area contributed by atoms with Gasteiger partial charge in [0.2, 0.25) is 5.91 Å². The minimum Gasteiger partial charge on any atom is -0.354 e. The van der Waals surface area contributed by atoms with Gasteiger partial charge in [-0.3, -0.25) is 14.7 Å². The number of amides is 1. The lowest BCUT2D eigenvalue weighted by Gasteiger charge is -2.27. The third-order valence-corrected chi connectivity index (χ3v) is 2.67. The van der Waals surface area contributed by atoms with Gasteiger partial charge < -0.3 is 5.32 Å². The molecule has 1 saturated heterocycles. The van der Waals surface area contributed by atoms with Crippen molar-refractivity contribution in [2.75, 3.05) is 19.6 Å². The minimum atomic E-state index is -4.46. The van der Waals surface area contributed by atoms with Crippen LogP contribution in [-0.4, -0.2) is 35.4 Å².